The average Bonchev–Trinajstić information content (AvgIpc) is 3.31. The second-order valence-corrected chi connectivity index (χ2v) is 6.40. The maximum Gasteiger partial charge on any atom is 0.419 e. The molecule has 1 saturated heterocycles. The van der Waals surface area contributed by atoms with Gasteiger partial charge in [0.25, 0.3) is 0 Å². The molecular formula is C16H17F3N4O. The molecule has 0 radical (unpaired) electrons. The molecule has 0 aromatic carbocycles. The average molecular weight is 338 g/mol. The number of alkyl halides is 3. The van der Waals surface area contributed by atoms with Gasteiger partial charge in [-0.25, -0.2) is 4.98 Å². The van der Waals surface area contributed by atoms with Gasteiger partial charge < -0.3 is 9.42 Å². The fourth-order valence-corrected chi connectivity index (χ4v) is 3.13. The molecule has 1 saturated carbocycles. The van der Waals surface area contributed by atoms with Gasteiger partial charge in [0, 0.05) is 31.1 Å². The van der Waals surface area contributed by atoms with Crippen LogP contribution in [-0.4, -0.2) is 28.2 Å². The van der Waals surface area contributed by atoms with E-state index in [-0.39, 0.29) is 11.7 Å². The highest BCUT2D eigenvalue weighted by molar-refractivity contribution is 5.48. The topological polar surface area (TPSA) is 55.1 Å². The van der Waals surface area contributed by atoms with Crippen molar-refractivity contribution in [2.75, 3.05) is 18.0 Å². The lowest BCUT2D eigenvalue weighted by atomic mass is 9.96. The molecule has 128 valence electrons. The van der Waals surface area contributed by atoms with Crippen LogP contribution < -0.4 is 4.90 Å². The highest BCUT2D eigenvalue weighted by atomic mass is 19.4. The Morgan fingerprint density at radius 3 is 2.50 bits per heavy atom. The molecule has 5 nitrogen and oxygen atoms in total. The Balaban J connectivity index is 1.46. The van der Waals surface area contributed by atoms with Gasteiger partial charge in [0.05, 0.1) is 5.56 Å². The zero-order chi connectivity index (χ0) is 16.7. The van der Waals surface area contributed by atoms with E-state index in [0.717, 1.165) is 18.9 Å². The summed E-state index contributed by atoms with van der Waals surface area (Å²) in [4.78, 5) is 10.1. The van der Waals surface area contributed by atoms with Crippen LogP contribution in [0.4, 0.5) is 19.0 Å². The molecular weight excluding hydrogens is 321 g/mol. The van der Waals surface area contributed by atoms with Crippen LogP contribution in [0.2, 0.25) is 0 Å². The van der Waals surface area contributed by atoms with Gasteiger partial charge in [-0.2, -0.15) is 18.2 Å². The first-order valence-electron chi connectivity index (χ1n) is 8.13. The van der Waals surface area contributed by atoms with Gasteiger partial charge >= 0.3 is 6.18 Å². The summed E-state index contributed by atoms with van der Waals surface area (Å²) in [6.07, 6.45) is 0.583. The molecule has 2 aromatic heterocycles. The summed E-state index contributed by atoms with van der Waals surface area (Å²) in [6.45, 7) is 0.996. The van der Waals surface area contributed by atoms with Crippen LogP contribution in [0.3, 0.4) is 0 Å². The van der Waals surface area contributed by atoms with E-state index in [9.17, 15) is 13.2 Å². The third-order valence-electron chi connectivity index (χ3n) is 4.64. The Morgan fingerprint density at radius 2 is 1.83 bits per heavy atom. The molecule has 8 heteroatoms. The standard InChI is InChI=1S/C16H17F3N4O/c17-16(18,19)12-2-1-7-20-14(12)23-8-5-10(6-9-23)13-21-15(24-22-13)11-3-4-11/h1-2,7,10-11H,3-6,8-9H2. The predicted octanol–water partition coefficient (Wildman–Crippen LogP) is 3.74. The molecule has 0 N–H and O–H groups in total. The summed E-state index contributed by atoms with van der Waals surface area (Å²) < 4.78 is 44.7. The zero-order valence-corrected chi connectivity index (χ0v) is 13.0. The van der Waals surface area contributed by atoms with Crippen molar-refractivity contribution in [1.82, 2.24) is 15.1 Å². The number of nitrogens with zero attached hydrogens (tertiary/aromatic N) is 4. The number of halogens is 3. The van der Waals surface area contributed by atoms with Crippen molar-refractivity contribution in [3.05, 3.63) is 35.6 Å². The van der Waals surface area contributed by atoms with E-state index in [2.05, 4.69) is 15.1 Å². The van der Waals surface area contributed by atoms with Crippen molar-refractivity contribution in [1.29, 1.82) is 0 Å². The maximum atomic E-state index is 13.1. The van der Waals surface area contributed by atoms with E-state index < -0.39 is 11.7 Å². The van der Waals surface area contributed by atoms with Gasteiger partial charge in [-0.3, -0.25) is 0 Å². The van der Waals surface area contributed by atoms with Gasteiger partial charge in [0.15, 0.2) is 5.82 Å². The Kier molecular flexibility index (Phi) is 3.69. The molecule has 0 unspecified atom stereocenters. The van der Waals surface area contributed by atoms with Gasteiger partial charge in [0.2, 0.25) is 5.89 Å². The molecule has 2 aromatic rings. The van der Waals surface area contributed by atoms with Crippen LogP contribution in [0.25, 0.3) is 0 Å². The summed E-state index contributed by atoms with van der Waals surface area (Å²) >= 11 is 0. The fourth-order valence-electron chi connectivity index (χ4n) is 3.13. The highest BCUT2D eigenvalue weighted by Gasteiger charge is 2.37. The van der Waals surface area contributed by atoms with Crippen LogP contribution >= 0.6 is 0 Å². The molecule has 1 aliphatic carbocycles. The van der Waals surface area contributed by atoms with Crippen molar-refractivity contribution in [2.24, 2.45) is 0 Å². The number of hydrogen-bond acceptors (Lipinski definition) is 5. The van der Waals surface area contributed by atoms with Gasteiger partial charge in [-0.1, -0.05) is 5.16 Å². The van der Waals surface area contributed by atoms with Crippen molar-refractivity contribution in [2.45, 2.75) is 43.7 Å². The quantitative estimate of drug-likeness (QED) is 0.853. The molecule has 2 aliphatic rings. The van der Waals surface area contributed by atoms with E-state index in [1.54, 1.807) is 4.90 Å². The van der Waals surface area contributed by atoms with E-state index in [0.29, 0.717) is 43.6 Å². The molecule has 0 atom stereocenters. The van der Waals surface area contributed by atoms with Crippen LogP contribution in [0.5, 0.6) is 0 Å². The van der Waals surface area contributed by atoms with Crippen molar-refractivity contribution in [3.8, 4) is 0 Å². The number of hydrogen-bond donors (Lipinski definition) is 0. The Hall–Kier alpha value is -2.12. The summed E-state index contributed by atoms with van der Waals surface area (Å²) in [5.41, 5.74) is -0.681. The Morgan fingerprint density at radius 1 is 1.08 bits per heavy atom. The van der Waals surface area contributed by atoms with Crippen molar-refractivity contribution in [3.63, 3.8) is 0 Å². The number of pyridine rings is 1. The lowest BCUT2D eigenvalue weighted by Gasteiger charge is -2.32. The van der Waals surface area contributed by atoms with Crippen molar-refractivity contribution < 1.29 is 17.7 Å². The first kappa shape index (κ1) is 15.4. The summed E-state index contributed by atoms with van der Waals surface area (Å²) in [6, 6.07) is 2.40. The summed E-state index contributed by atoms with van der Waals surface area (Å²) in [7, 11) is 0. The third-order valence-corrected chi connectivity index (χ3v) is 4.64. The molecule has 0 spiro atoms. The molecule has 1 aliphatic heterocycles. The van der Waals surface area contributed by atoms with E-state index >= 15 is 0 Å². The van der Waals surface area contributed by atoms with Crippen molar-refractivity contribution >= 4 is 5.82 Å². The Labute approximate surface area is 136 Å². The lowest BCUT2D eigenvalue weighted by molar-refractivity contribution is -0.137. The second kappa shape index (κ2) is 5.75. The number of piperidine rings is 1. The van der Waals surface area contributed by atoms with Gasteiger partial charge in [0.1, 0.15) is 5.82 Å². The van der Waals surface area contributed by atoms with Crippen LogP contribution in [0.15, 0.2) is 22.9 Å². The maximum absolute atomic E-state index is 13.1. The summed E-state index contributed by atoms with van der Waals surface area (Å²) in [5.74, 6) is 1.95. The minimum absolute atomic E-state index is 0.00947. The molecule has 2 fully saturated rings. The van der Waals surface area contributed by atoms with Gasteiger partial charge in [-0.05, 0) is 37.8 Å². The number of aromatic nitrogens is 3. The second-order valence-electron chi connectivity index (χ2n) is 6.40. The highest BCUT2D eigenvalue weighted by Crippen LogP contribution is 2.40. The smallest absolute Gasteiger partial charge is 0.356 e. The normalized spacial score (nSPS) is 19.7. The van der Waals surface area contributed by atoms with E-state index in [1.807, 2.05) is 0 Å². The minimum Gasteiger partial charge on any atom is -0.356 e. The number of rotatable bonds is 3. The third kappa shape index (κ3) is 2.97. The lowest BCUT2D eigenvalue weighted by Crippen LogP contribution is -2.35. The van der Waals surface area contributed by atoms with Crippen LogP contribution in [0, 0.1) is 0 Å². The SMILES string of the molecule is FC(F)(F)c1cccnc1N1CCC(c2noc(C3CC3)n2)CC1. The van der Waals surface area contributed by atoms with Gasteiger partial charge in [-0.15, -0.1) is 0 Å². The molecule has 0 amide bonds. The van der Waals surface area contributed by atoms with Crippen LogP contribution in [-0.2, 0) is 6.18 Å². The molecule has 0 bridgehead atoms. The van der Waals surface area contributed by atoms with E-state index in [4.69, 9.17) is 4.52 Å². The zero-order valence-electron chi connectivity index (χ0n) is 13.0. The first-order valence-corrected chi connectivity index (χ1v) is 8.13. The molecule has 3 heterocycles. The Bertz CT molecular complexity index is 718. The largest absolute Gasteiger partial charge is 0.419 e. The first-order chi connectivity index (χ1) is 11.5. The monoisotopic (exact) mass is 338 g/mol. The minimum atomic E-state index is -4.40. The molecule has 4 rings (SSSR count). The fraction of sp³-hybridized carbons (Fsp3) is 0.562. The van der Waals surface area contributed by atoms with E-state index in [1.165, 1.54) is 12.3 Å². The summed E-state index contributed by atoms with van der Waals surface area (Å²) in [5, 5.41) is 4.06. The van der Waals surface area contributed by atoms with Crippen LogP contribution in [0.1, 0.15) is 54.8 Å². The predicted molar refractivity (Wildman–Crippen MR) is 79.7 cm³/mol. The molecule has 24 heavy (non-hydrogen) atoms. The number of anilines is 1.